The number of nitrogens with one attached hydrogen (secondary N) is 1. The Morgan fingerprint density at radius 3 is 2.64 bits per heavy atom. The number of hydrogen-bond donors (Lipinski definition) is 1. The van der Waals surface area contributed by atoms with Gasteiger partial charge in [0, 0.05) is 11.9 Å². The Bertz CT molecular complexity index is 263. The highest BCUT2D eigenvalue weighted by molar-refractivity contribution is 6.30. The average molecular weight is 234 g/mol. The van der Waals surface area contributed by atoms with Gasteiger partial charge in [0.05, 0.1) is 17.4 Å². The Hall–Kier alpha value is -0.540. The van der Waals surface area contributed by atoms with Crippen LogP contribution >= 0.6 is 23.2 Å². The van der Waals surface area contributed by atoms with Crippen LogP contribution < -0.4 is 5.32 Å². The Morgan fingerprint density at radius 1 is 1.43 bits per heavy atom. The minimum absolute atomic E-state index is 0.217. The van der Waals surface area contributed by atoms with Gasteiger partial charge in [0.2, 0.25) is 5.95 Å². The van der Waals surface area contributed by atoms with Gasteiger partial charge in [-0.15, -0.1) is 11.6 Å². The fourth-order valence-electron chi connectivity index (χ4n) is 0.948. The largest absolute Gasteiger partial charge is 0.354 e. The maximum Gasteiger partial charge on any atom is 0.222 e. The van der Waals surface area contributed by atoms with Crippen LogP contribution in [-0.4, -0.2) is 21.9 Å². The van der Waals surface area contributed by atoms with Crippen LogP contribution in [0.1, 0.15) is 19.8 Å². The van der Waals surface area contributed by atoms with Crippen molar-refractivity contribution in [2.24, 2.45) is 0 Å². The van der Waals surface area contributed by atoms with E-state index in [2.05, 4.69) is 22.2 Å². The molecule has 0 aliphatic heterocycles. The number of alkyl halides is 1. The molecule has 0 saturated heterocycles. The molecule has 0 saturated carbocycles. The number of aromatic nitrogens is 2. The molecule has 14 heavy (non-hydrogen) atoms. The summed E-state index contributed by atoms with van der Waals surface area (Å²) >= 11 is 11.6. The van der Waals surface area contributed by atoms with Crippen molar-refractivity contribution in [3.63, 3.8) is 0 Å². The second kappa shape index (κ2) is 6.04. The van der Waals surface area contributed by atoms with E-state index in [1.54, 1.807) is 12.4 Å². The molecule has 0 spiro atoms. The van der Waals surface area contributed by atoms with Gasteiger partial charge in [-0.1, -0.05) is 18.5 Å². The Morgan fingerprint density at radius 2 is 2.07 bits per heavy atom. The topological polar surface area (TPSA) is 37.8 Å². The number of halogens is 2. The zero-order valence-electron chi connectivity index (χ0n) is 8.00. The summed E-state index contributed by atoms with van der Waals surface area (Å²) in [7, 11) is 0. The van der Waals surface area contributed by atoms with Crippen molar-refractivity contribution in [3.05, 3.63) is 17.4 Å². The highest BCUT2D eigenvalue weighted by Crippen LogP contribution is 2.08. The first kappa shape index (κ1) is 11.5. The lowest BCUT2D eigenvalue weighted by Crippen LogP contribution is -2.09. The van der Waals surface area contributed by atoms with Crippen LogP contribution in [0.15, 0.2) is 12.4 Å². The van der Waals surface area contributed by atoms with Gasteiger partial charge in [-0.3, -0.25) is 0 Å². The minimum Gasteiger partial charge on any atom is -0.354 e. The lowest BCUT2D eigenvalue weighted by molar-refractivity contribution is 0.750. The van der Waals surface area contributed by atoms with E-state index in [1.165, 1.54) is 0 Å². The van der Waals surface area contributed by atoms with Crippen molar-refractivity contribution in [2.75, 3.05) is 11.9 Å². The smallest absolute Gasteiger partial charge is 0.222 e. The zero-order chi connectivity index (χ0) is 10.4. The summed E-state index contributed by atoms with van der Waals surface area (Å²) < 4.78 is 0. The molecule has 1 aromatic heterocycles. The third kappa shape index (κ3) is 4.11. The molecule has 1 aromatic rings. The second-order valence-electron chi connectivity index (χ2n) is 2.95. The molecular weight excluding hydrogens is 221 g/mol. The predicted molar refractivity (Wildman–Crippen MR) is 60.1 cm³/mol. The van der Waals surface area contributed by atoms with E-state index in [0.29, 0.717) is 11.0 Å². The molecule has 1 atom stereocenters. The van der Waals surface area contributed by atoms with E-state index >= 15 is 0 Å². The van der Waals surface area contributed by atoms with E-state index in [1.807, 2.05) is 0 Å². The number of nitrogens with zero attached hydrogens (tertiary/aromatic N) is 2. The van der Waals surface area contributed by atoms with Gasteiger partial charge in [0.15, 0.2) is 0 Å². The Labute approximate surface area is 93.9 Å². The monoisotopic (exact) mass is 233 g/mol. The van der Waals surface area contributed by atoms with Crippen LogP contribution in [0, 0.1) is 0 Å². The SMILES string of the molecule is CCC(Cl)CCNc1ncc(Cl)cn1. The number of hydrogen-bond acceptors (Lipinski definition) is 3. The predicted octanol–water partition coefficient (Wildman–Crippen LogP) is 2.95. The van der Waals surface area contributed by atoms with Crippen LogP contribution in [0.4, 0.5) is 5.95 Å². The summed E-state index contributed by atoms with van der Waals surface area (Å²) in [6.07, 6.45) is 5.01. The summed E-state index contributed by atoms with van der Waals surface area (Å²) in [5, 5.41) is 3.83. The van der Waals surface area contributed by atoms with Crippen LogP contribution in [0.3, 0.4) is 0 Å². The Kier molecular flexibility index (Phi) is 4.98. The molecule has 0 aromatic carbocycles. The van der Waals surface area contributed by atoms with Gasteiger partial charge in [-0.2, -0.15) is 0 Å². The molecule has 0 amide bonds. The normalized spacial score (nSPS) is 12.5. The molecule has 0 aliphatic rings. The number of anilines is 1. The summed E-state index contributed by atoms with van der Waals surface area (Å²) in [4.78, 5) is 8.01. The van der Waals surface area contributed by atoms with E-state index in [9.17, 15) is 0 Å². The van der Waals surface area contributed by atoms with Gasteiger partial charge < -0.3 is 5.32 Å². The van der Waals surface area contributed by atoms with Crippen molar-refractivity contribution in [2.45, 2.75) is 25.1 Å². The highest BCUT2D eigenvalue weighted by Gasteiger charge is 2.01. The van der Waals surface area contributed by atoms with Crippen molar-refractivity contribution in [1.29, 1.82) is 0 Å². The first-order chi connectivity index (χ1) is 6.72. The molecule has 78 valence electrons. The summed E-state index contributed by atoms with van der Waals surface area (Å²) in [5.41, 5.74) is 0. The molecule has 0 aliphatic carbocycles. The van der Waals surface area contributed by atoms with Crippen LogP contribution in [0.2, 0.25) is 5.02 Å². The lowest BCUT2D eigenvalue weighted by atomic mass is 10.2. The first-order valence-electron chi connectivity index (χ1n) is 4.58. The average Bonchev–Trinajstić information content (AvgIpc) is 2.21. The maximum absolute atomic E-state index is 5.95. The van der Waals surface area contributed by atoms with Gasteiger partial charge in [0.25, 0.3) is 0 Å². The summed E-state index contributed by atoms with van der Waals surface area (Å²) in [6.45, 7) is 2.85. The third-order valence-electron chi connectivity index (χ3n) is 1.80. The molecular formula is C9H13Cl2N3. The molecule has 0 bridgehead atoms. The summed E-state index contributed by atoms with van der Waals surface area (Å²) in [5.74, 6) is 0.592. The van der Waals surface area contributed by atoms with Crippen LogP contribution in [0.5, 0.6) is 0 Å². The molecule has 3 nitrogen and oxygen atoms in total. The number of rotatable bonds is 5. The van der Waals surface area contributed by atoms with Crippen LogP contribution in [0.25, 0.3) is 0 Å². The molecule has 5 heteroatoms. The molecule has 1 unspecified atom stereocenters. The van der Waals surface area contributed by atoms with E-state index in [4.69, 9.17) is 23.2 Å². The van der Waals surface area contributed by atoms with E-state index < -0.39 is 0 Å². The maximum atomic E-state index is 5.95. The molecule has 1 N–H and O–H groups in total. The summed E-state index contributed by atoms with van der Waals surface area (Å²) in [6, 6.07) is 0. The van der Waals surface area contributed by atoms with Gasteiger partial charge in [-0.25, -0.2) is 9.97 Å². The van der Waals surface area contributed by atoms with Gasteiger partial charge >= 0.3 is 0 Å². The molecule has 0 fully saturated rings. The molecule has 1 heterocycles. The van der Waals surface area contributed by atoms with Crippen LogP contribution in [-0.2, 0) is 0 Å². The quantitative estimate of drug-likeness (QED) is 0.796. The van der Waals surface area contributed by atoms with Gasteiger partial charge in [-0.05, 0) is 12.8 Å². The fraction of sp³-hybridized carbons (Fsp3) is 0.556. The van der Waals surface area contributed by atoms with E-state index in [-0.39, 0.29) is 5.38 Å². The Balaban J connectivity index is 2.28. The molecule has 1 rings (SSSR count). The molecule has 0 radical (unpaired) electrons. The first-order valence-corrected chi connectivity index (χ1v) is 5.39. The zero-order valence-corrected chi connectivity index (χ0v) is 9.52. The fourth-order valence-corrected chi connectivity index (χ4v) is 1.15. The lowest BCUT2D eigenvalue weighted by Gasteiger charge is -2.07. The minimum atomic E-state index is 0.217. The van der Waals surface area contributed by atoms with Crippen molar-refractivity contribution >= 4 is 29.2 Å². The highest BCUT2D eigenvalue weighted by atomic mass is 35.5. The van der Waals surface area contributed by atoms with E-state index in [0.717, 1.165) is 19.4 Å². The standard InChI is InChI=1S/C9H13Cl2N3/c1-2-7(10)3-4-12-9-13-5-8(11)6-14-9/h5-7H,2-4H2,1H3,(H,12,13,14). The van der Waals surface area contributed by atoms with Crippen molar-refractivity contribution in [1.82, 2.24) is 9.97 Å². The second-order valence-corrected chi connectivity index (χ2v) is 4.00. The van der Waals surface area contributed by atoms with Crippen molar-refractivity contribution in [3.8, 4) is 0 Å². The van der Waals surface area contributed by atoms with Gasteiger partial charge in [0.1, 0.15) is 0 Å². The third-order valence-corrected chi connectivity index (χ3v) is 2.53. The van der Waals surface area contributed by atoms with Crippen molar-refractivity contribution < 1.29 is 0 Å².